The van der Waals surface area contributed by atoms with Gasteiger partial charge in [0.1, 0.15) is 0 Å². The maximum atomic E-state index is 9.40. The second-order valence-electron chi connectivity index (χ2n) is 5.03. The normalized spacial score (nSPS) is 12.8. The summed E-state index contributed by atoms with van der Waals surface area (Å²) in [7, 11) is 0. The van der Waals surface area contributed by atoms with Gasteiger partial charge in [-0.1, -0.05) is 56.4 Å². The zero-order valence-electron chi connectivity index (χ0n) is 12.5. The molecule has 0 amide bonds. The minimum atomic E-state index is 0.144. The molecule has 0 aliphatic heterocycles. The number of aliphatic hydroxyl groups is 1. The summed E-state index contributed by atoms with van der Waals surface area (Å²) in [5.41, 5.74) is 7.00. The Morgan fingerprint density at radius 3 is 2.30 bits per heavy atom. The van der Waals surface area contributed by atoms with E-state index in [0.717, 1.165) is 12.8 Å². The van der Waals surface area contributed by atoms with Gasteiger partial charge in [-0.05, 0) is 18.4 Å². The molecular formula is C16H26N2OS. The third-order valence-electron chi connectivity index (χ3n) is 3.75. The molecule has 112 valence electrons. The van der Waals surface area contributed by atoms with E-state index in [4.69, 9.17) is 18.0 Å². The third-order valence-corrected chi connectivity index (χ3v) is 3.92. The highest BCUT2D eigenvalue weighted by Gasteiger charge is 2.25. The van der Waals surface area contributed by atoms with Crippen LogP contribution in [0.1, 0.15) is 44.7 Å². The largest absolute Gasteiger partial charge is 0.395 e. The highest BCUT2D eigenvalue weighted by molar-refractivity contribution is 7.80. The fraction of sp³-hybridized carbons (Fsp3) is 0.562. The van der Waals surface area contributed by atoms with Gasteiger partial charge in [-0.2, -0.15) is 0 Å². The minimum absolute atomic E-state index is 0.144. The van der Waals surface area contributed by atoms with Crippen LogP contribution < -0.4 is 5.73 Å². The van der Waals surface area contributed by atoms with Crippen molar-refractivity contribution in [2.75, 3.05) is 13.2 Å². The molecule has 0 aliphatic carbocycles. The molecule has 0 aromatic heterocycles. The first-order chi connectivity index (χ1) is 9.63. The molecular weight excluding hydrogens is 268 g/mol. The molecule has 1 rings (SSSR count). The van der Waals surface area contributed by atoms with Crippen LogP contribution in [0.2, 0.25) is 0 Å². The summed E-state index contributed by atoms with van der Waals surface area (Å²) in [5, 5.41) is 9.40. The van der Waals surface area contributed by atoms with Gasteiger partial charge in [-0.25, -0.2) is 0 Å². The van der Waals surface area contributed by atoms with Crippen LogP contribution in [0, 0.1) is 0 Å². The minimum Gasteiger partial charge on any atom is -0.395 e. The smallest absolute Gasteiger partial charge is 0.0746 e. The molecule has 20 heavy (non-hydrogen) atoms. The van der Waals surface area contributed by atoms with E-state index in [-0.39, 0.29) is 12.6 Å². The summed E-state index contributed by atoms with van der Waals surface area (Å²) in [4.78, 5) is 2.86. The van der Waals surface area contributed by atoms with Crippen molar-refractivity contribution in [2.24, 2.45) is 5.73 Å². The third kappa shape index (κ3) is 4.85. The van der Waals surface area contributed by atoms with Crippen LogP contribution >= 0.6 is 12.2 Å². The summed E-state index contributed by atoms with van der Waals surface area (Å²) in [6.07, 6.45) is 2.75. The molecule has 1 aromatic carbocycles. The van der Waals surface area contributed by atoms with Crippen molar-refractivity contribution in [3.05, 3.63) is 35.9 Å². The Morgan fingerprint density at radius 2 is 1.85 bits per heavy atom. The Kier molecular flexibility index (Phi) is 7.73. The average molecular weight is 294 g/mol. The summed E-state index contributed by atoms with van der Waals surface area (Å²) in [6.45, 7) is 5.16. The Labute approximate surface area is 127 Å². The number of aliphatic hydroxyl groups excluding tert-OH is 1. The van der Waals surface area contributed by atoms with Gasteiger partial charge in [0.2, 0.25) is 0 Å². The van der Waals surface area contributed by atoms with Gasteiger partial charge in [0, 0.05) is 25.0 Å². The van der Waals surface area contributed by atoms with Crippen LogP contribution in [-0.4, -0.2) is 34.2 Å². The number of nitrogens with two attached hydrogens (primary N) is 1. The van der Waals surface area contributed by atoms with Crippen LogP contribution in [0.15, 0.2) is 30.3 Å². The first kappa shape index (κ1) is 17.1. The van der Waals surface area contributed by atoms with Crippen LogP contribution in [0.5, 0.6) is 0 Å². The molecule has 3 nitrogen and oxygen atoms in total. The van der Waals surface area contributed by atoms with Crippen molar-refractivity contribution in [1.82, 2.24) is 4.90 Å². The molecule has 0 saturated heterocycles. The molecule has 3 N–H and O–H groups in total. The summed E-state index contributed by atoms with van der Waals surface area (Å²) < 4.78 is 0. The molecule has 1 unspecified atom stereocenters. The average Bonchev–Trinajstić information content (AvgIpc) is 2.46. The van der Waals surface area contributed by atoms with Gasteiger partial charge >= 0.3 is 0 Å². The maximum Gasteiger partial charge on any atom is 0.0746 e. The van der Waals surface area contributed by atoms with Gasteiger partial charge in [-0.15, -0.1) is 0 Å². The molecule has 0 radical (unpaired) electrons. The van der Waals surface area contributed by atoms with Crippen molar-refractivity contribution in [2.45, 2.75) is 45.2 Å². The molecule has 1 aromatic rings. The lowest BCUT2D eigenvalue weighted by Gasteiger charge is -2.37. The van der Waals surface area contributed by atoms with Crippen molar-refractivity contribution in [3.8, 4) is 0 Å². The Morgan fingerprint density at radius 1 is 1.25 bits per heavy atom. The Hall–Kier alpha value is -0.970. The molecule has 0 spiro atoms. The van der Waals surface area contributed by atoms with E-state index in [1.807, 2.05) is 18.2 Å². The van der Waals surface area contributed by atoms with Gasteiger partial charge in [0.05, 0.1) is 11.6 Å². The quantitative estimate of drug-likeness (QED) is 0.688. The lowest BCUT2D eigenvalue weighted by molar-refractivity contribution is 0.0991. The van der Waals surface area contributed by atoms with Crippen molar-refractivity contribution in [3.63, 3.8) is 0 Å². The van der Waals surface area contributed by atoms with E-state index >= 15 is 0 Å². The fourth-order valence-electron chi connectivity index (χ4n) is 2.76. The number of hydrogen-bond donors (Lipinski definition) is 2. The van der Waals surface area contributed by atoms with Gasteiger partial charge in [-0.3, -0.25) is 4.90 Å². The van der Waals surface area contributed by atoms with Crippen molar-refractivity contribution >= 4 is 17.2 Å². The number of rotatable bonds is 9. The van der Waals surface area contributed by atoms with Crippen LogP contribution in [-0.2, 0) is 0 Å². The van der Waals surface area contributed by atoms with E-state index in [9.17, 15) is 5.11 Å². The Bertz CT molecular complexity index is 393. The molecule has 0 bridgehead atoms. The van der Waals surface area contributed by atoms with E-state index in [1.54, 1.807) is 0 Å². The van der Waals surface area contributed by atoms with E-state index in [0.29, 0.717) is 24.0 Å². The summed E-state index contributed by atoms with van der Waals surface area (Å²) >= 11 is 5.12. The van der Waals surface area contributed by atoms with Crippen molar-refractivity contribution < 1.29 is 5.11 Å². The second kappa shape index (κ2) is 9.06. The maximum absolute atomic E-state index is 9.40. The summed E-state index contributed by atoms with van der Waals surface area (Å²) in [5.74, 6) is 0. The van der Waals surface area contributed by atoms with E-state index in [2.05, 4.69) is 30.9 Å². The molecule has 0 heterocycles. The first-order valence-corrected chi connectivity index (χ1v) is 7.74. The predicted octanol–water partition coefficient (Wildman–Crippen LogP) is 2.89. The number of nitrogens with zero attached hydrogens (tertiary/aromatic N) is 1. The van der Waals surface area contributed by atoms with Gasteiger partial charge in [0.15, 0.2) is 0 Å². The topological polar surface area (TPSA) is 49.5 Å². The zero-order valence-corrected chi connectivity index (χ0v) is 13.3. The van der Waals surface area contributed by atoms with Crippen molar-refractivity contribution in [1.29, 1.82) is 0 Å². The Balaban J connectivity index is 3.07. The lowest BCUT2D eigenvalue weighted by Crippen LogP contribution is -2.41. The van der Waals surface area contributed by atoms with Gasteiger partial charge < -0.3 is 10.8 Å². The zero-order chi connectivity index (χ0) is 15.0. The number of benzene rings is 1. The molecule has 0 fully saturated rings. The lowest BCUT2D eigenvalue weighted by atomic mass is 9.98. The fourth-order valence-corrected chi connectivity index (χ4v) is 2.92. The van der Waals surface area contributed by atoms with E-state index in [1.165, 1.54) is 5.56 Å². The SMILES string of the molecule is CCC(CC)N(CCO)C(CC(N)=S)c1ccccc1. The molecule has 1 atom stereocenters. The number of hydrogen-bond acceptors (Lipinski definition) is 3. The highest BCUT2D eigenvalue weighted by Crippen LogP contribution is 2.28. The summed E-state index contributed by atoms with van der Waals surface area (Å²) in [6, 6.07) is 10.9. The number of thiocarbonyl (C=S) groups is 1. The highest BCUT2D eigenvalue weighted by atomic mass is 32.1. The van der Waals surface area contributed by atoms with Crippen LogP contribution in [0.4, 0.5) is 0 Å². The monoisotopic (exact) mass is 294 g/mol. The molecule has 0 aliphatic rings. The predicted molar refractivity (Wildman–Crippen MR) is 88.7 cm³/mol. The first-order valence-electron chi connectivity index (χ1n) is 7.33. The van der Waals surface area contributed by atoms with Crippen LogP contribution in [0.25, 0.3) is 0 Å². The van der Waals surface area contributed by atoms with Crippen LogP contribution in [0.3, 0.4) is 0 Å². The molecule has 0 saturated carbocycles. The molecule has 4 heteroatoms. The van der Waals surface area contributed by atoms with Gasteiger partial charge in [0.25, 0.3) is 0 Å². The second-order valence-corrected chi connectivity index (χ2v) is 5.55. The van der Waals surface area contributed by atoms with E-state index < -0.39 is 0 Å². The standard InChI is InChI=1S/C16H26N2OS/c1-3-14(4-2)18(10-11-19)15(12-16(17)20)13-8-6-5-7-9-13/h5-9,14-15,19H,3-4,10-12H2,1-2H3,(H2,17,20).